The summed E-state index contributed by atoms with van der Waals surface area (Å²) in [5.74, 6) is 2.53. The standard InChI is InChI=1S/C19H34N2O6SSi/c1-15(20-17(22)27-19(2,3)4)9-12-28(24,25)16-8-10-21(14-16)18(23)26-11-13-29(5,6)7/h15-16H,8,10-11,13-14H2,1-7H3,(H,20,22)/t15-,16?/m1/s1. The van der Waals surface area contributed by atoms with E-state index in [4.69, 9.17) is 9.47 Å². The molecule has 0 bridgehead atoms. The second-order valence-electron chi connectivity index (χ2n) is 9.44. The van der Waals surface area contributed by atoms with Crippen molar-refractivity contribution in [3.8, 4) is 11.2 Å². The van der Waals surface area contributed by atoms with Crippen molar-refractivity contribution in [1.82, 2.24) is 10.2 Å². The zero-order chi connectivity index (χ0) is 22.5. The number of carbonyl (C=O) groups is 2. The van der Waals surface area contributed by atoms with Gasteiger partial charge in [-0.1, -0.05) is 25.6 Å². The summed E-state index contributed by atoms with van der Waals surface area (Å²) < 4.78 is 35.3. The molecule has 2 atom stereocenters. The van der Waals surface area contributed by atoms with Crippen LogP contribution >= 0.6 is 0 Å². The summed E-state index contributed by atoms with van der Waals surface area (Å²) in [5.41, 5.74) is -0.652. The normalized spacial score (nSPS) is 18.4. The number of alkyl carbamates (subject to hydrolysis) is 1. The van der Waals surface area contributed by atoms with Crippen LogP contribution in [0.5, 0.6) is 0 Å². The fourth-order valence-corrected chi connectivity index (χ4v) is 4.47. The molecule has 1 heterocycles. The maximum Gasteiger partial charge on any atom is 0.409 e. The first kappa shape index (κ1) is 25.3. The van der Waals surface area contributed by atoms with Gasteiger partial charge in [0.15, 0.2) is 0 Å². The zero-order valence-corrected chi connectivity index (χ0v) is 20.3. The molecule has 2 amide bonds. The Balaban J connectivity index is 2.57. The van der Waals surface area contributed by atoms with Crippen molar-refractivity contribution < 1.29 is 27.5 Å². The largest absolute Gasteiger partial charge is 0.450 e. The molecule has 1 aliphatic rings. The van der Waals surface area contributed by atoms with Crippen LogP contribution in [0.15, 0.2) is 0 Å². The monoisotopic (exact) mass is 446 g/mol. The number of hydrogen-bond acceptors (Lipinski definition) is 6. The van der Waals surface area contributed by atoms with Crippen LogP contribution in [0.2, 0.25) is 25.7 Å². The van der Waals surface area contributed by atoms with Gasteiger partial charge < -0.3 is 19.7 Å². The van der Waals surface area contributed by atoms with E-state index >= 15 is 0 Å². The second kappa shape index (κ2) is 9.85. The van der Waals surface area contributed by atoms with Crippen molar-refractivity contribution >= 4 is 30.1 Å². The molecule has 0 saturated carbocycles. The molecule has 0 radical (unpaired) electrons. The molecule has 1 N–H and O–H groups in total. The summed E-state index contributed by atoms with van der Waals surface area (Å²) >= 11 is 0. The first-order valence-corrected chi connectivity index (χ1v) is 15.0. The maximum atomic E-state index is 12.5. The Morgan fingerprint density at radius 1 is 1.28 bits per heavy atom. The molecule has 1 fully saturated rings. The van der Waals surface area contributed by atoms with Crippen LogP contribution in [0.3, 0.4) is 0 Å². The molecule has 166 valence electrons. The molecular weight excluding hydrogens is 412 g/mol. The van der Waals surface area contributed by atoms with Gasteiger partial charge in [-0.15, -0.1) is 0 Å². The van der Waals surface area contributed by atoms with E-state index in [1.807, 2.05) is 0 Å². The topological polar surface area (TPSA) is 102 Å². The quantitative estimate of drug-likeness (QED) is 0.396. The predicted molar refractivity (Wildman–Crippen MR) is 115 cm³/mol. The van der Waals surface area contributed by atoms with Crippen molar-refractivity contribution in [2.24, 2.45) is 0 Å². The molecule has 1 unspecified atom stereocenters. The Kier molecular flexibility index (Phi) is 8.59. The van der Waals surface area contributed by atoms with Crippen LogP contribution in [-0.2, 0) is 19.3 Å². The van der Waals surface area contributed by atoms with Crippen molar-refractivity contribution in [2.75, 3.05) is 19.7 Å². The van der Waals surface area contributed by atoms with Crippen molar-refractivity contribution in [3.63, 3.8) is 0 Å². The molecule has 1 aliphatic heterocycles. The minimum Gasteiger partial charge on any atom is -0.450 e. The van der Waals surface area contributed by atoms with Crippen LogP contribution < -0.4 is 5.32 Å². The Bertz CT molecular complexity index is 758. The summed E-state index contributed by atoms with van der Waals surface area (Å²) in [6.45, 7) is 14.1. The van der Waals surface area contributed by atoms with Crippen molar-refractivity contribution in [1.29, 1.82) is 0 Å². The SMILES string of the molecule is C[C@H](C#CS(=O)(=O)C1CCN(C(=O)OCC[Si](C)(C)C)C1)NC(=O)OC(C)(C)C. The third-order valence-corrected chi connectivity index (χ3v) is 7.44. The summed E-state index contributed by atoms with van der Waals surface area (Å²) in [6.07, 6.45) is -0.827. The third-order valence-electron chi connectivity index (χ3n) is 4.07. The van der Waals surface area contributed by atoms with Crippen molar-refractivity contribution in [3.05, 3.63) is 0 Å². The zero-order valence-electron chi connectivity index (χ0n) is 18.5. The number of amides is 2. The summed E-state index contributed by atoms with van der Waals surface area (Å²) in [5, 5.41) is 4.00. The number of likely N-dealkylation sites (tertiary alicyclic amines) is 1. The third kappa shape index (κ3) is 10.0. The molecule has 0 aromatic heterocycles. The Hall–Kier alpha value is -1.73. The van der Waals surface area contributed by atoms with E-state index < -0.39 is 47.0 Å². The number of hydrogen-bond donors (Lipinski definition) is 1. The van der Waals surface area contributed by atoms with Crippen LogP contribution in [0.1, 0.15) is 34.1 Å². The van der Waals surface area contributed by atoms with Gasteiger partial charge in [-0.25, -0.2) is 18.0 Å². The van der Waals surface area contributed by atoms with Gasteiger partial charge in [-0.05, 0) is 40.2 Å². The molecule has 29 heavy (non-hydrogen) atoms. The second-order valence-corrected chi connectivity index (χ2v) is 17.0. The van der Waals surface area contributed by atoms with Gasteiger partial charge >= 0.3 is 12.2 Å². The van der Waals surface area contributed by atoms with E-state index in [2.05, 4.69) is 36.1 Å². The highest BCUT2D eigenvalue weighted by Crippen LogP contribution is 2.18. The van der Waals surface area contributed by atoms with Gasteiger partial charge in [0, 0.05) is 26.4 Å². The fraction of sp³-hybridized carbons (Fsp3) is 0.789. The van der Waals surface area contributed by atoms with Gasteiger partial charge in [0.1, 0.15) is 5.60 Å². The van der Waals surface area contributed by atoms with Gasteiger partial charge in [-0.2, -0.15) is 0 Å². The lowest BCUT2D eigenvalue weighted by Gasteiger charge is -2.20. The smallest absolute Gasteiger partial charge is 0.409 e. The van der Waals surface area contributed by atoms with Crippen molar-refractivity contribution in [2.45, 2.75) is 76.7 Å². The minimum atomic E-state index is -3.73. The molecule has 0 aromatic carbocycles. The molecule has 1 saturated heterocycles. The molecule has 8 nitrogen and oxygen atoms in total. The van der Waals surface area contributed by atoms with Gasteiger partial charge in [0.2, 0.25) is 9.84 Å². The molecule has 0 aromatic rings. The van der Waals surface area contributed by atoms with E-state index in [-0.39, 0.29) is 6.54 Å². The lowest BCUT2D eigenvalue weighted by Crippen LogP contribution is -2.37. The van der Waals surface area contributed by atoms with Crippen LogP contribution in [0.4, 0.5) is 9.59 Å². The number of ether oxygens (including phenoxy) is 2. The average Bonchev–Trinajstić information content (AvgIpc) is 3.00. The fourth-order valence-electron chi connectivity index (χ4n) is 2.46. The van der Waals surface area contributed by atoms with E-state index in [0.29, 0.717) is 19.6 Å². The lowest BCUT2D eigenvalue weighted by molar-refractivity contribution is 0.0519. The lowest BCUT2D eigenvalue weighted by atomic mass is 10.2. The summed E-state index contributed by atoms with van der Waals surface area (Å²) in [7, 11) is -5.03. The van der Waals surface area contributed by atoms with Gasteiger partial charge in [0.25, 0.3) is 0 Å². The maximum absolute atomic E-state index is 12.5. The van der Waals surface area contributed by atoms with E-state index in [1.165, 1.54) is 4.90 Å². The summed E-state index contributed by atoms with van der Waals surface area (Å²) in [4.78, 5) is 25.3. The first-order chi connectivity index (χ1) is 13.1. The molecule has 1 rings (SSSR count). The van der Waals surface area contributed by atoms with E-state index in [9.17, 15) is 18.0 Å². The highest BCUT2D eigenvalue weighted by molar-refractivity contribution is 7.96. The molecule has 0 aliphatic carbocycles. The molecule has 10 heteroatoms. The summed E-state index contributed by atoms with van der Waals surface area (Å²) in [6, 6.07) is 0.172. The molecular formula is C19H34N2O6SSi. The Morgan fingerprint density at radius 2 is 1.90 bits per heavy atom. The minimum absolute atomic E-state index is 0.0661. The highest BCUT2D eigenvalue weighted by Gasteiger charge is 2.35. The first-order valence-electron chi connectivity index (χ1n) is 9.76. The number of sulfone groups is 1. The number of carbonyl (C=O) groups excluding carboxylic acids is 2. The average molecular weight is 447 g/mol. The highest BCUT2D eigenvalue weighted by atomic mass is 32.2. The number of nitrogens with zero attached hydrogens (tertiary/aromatic N) is 1. The van der Waals surface area contributed by atoms with Gasteiger partial charge in [-0.3, -0.25) is 0 Å². The Morgan fingerprint density at radius 3 is 2.45 bits per heavy atom. The molecule has 0 spiro atoms. The van der Waals surface area contributed by atoms with Crippen LogP contribution in [0.25, 0.3) is 0 Å². The number of nitrogens with one attached hydrogen (secondary N) is 1. The van der Waals surface area contributed by atoms with E-state index in [1.54, 1.807) is 27.7 Å². The van der Waals surface area contributed by atoms with E-state index in [0.717, 1.165) is 6.04 Å². The Labute approximate surface area is 175 Å². The van der Waals surface area contributed by atoms with Crippen LogP contribution in [0, 0.1) is 11.2 Å². The number of rotatable bonds is 5. The van der Waals surface area contributed by atoms with Crippen LogP contribution in [-0.4, -0.2) is 70.2 Å². The predicted octanol–water partition coefficient (Wildman–Crippen LogP) is 2.82. The van der Waals surface area contributed by atoms with Gasteiger partial charge in [0.05, 0.1) is 17.9 Å².